The second-order valence-corrected chi connectivity index (χ2v) is 0.909. The molecule has 0 rings (SSSR count). The molecule has 0 aromatic rings. The number of hydrogen-bond acceptors (Lipinski definition) is 0. The van der Waals surface area contributed by atoms with E-state index in [-0.39, 0.29) is 27.1 Å². The van der Waals surface area contributed by atoms with E-state index in [0.29, 0.717) is 0 Å². The van der Waals surface area contributed by atoms with Crippen molar-refractivity contribution in [3.8, 4) is 0 Å². The maximum absolute atomic E-state index is 4.76. The van der Waals surface area contributed by atoms with Crippen LogP contribution in [0.1, 0.15) is 0 Å². The molecule has 0 amide bonds. The van der Waals surface area contributed by atoms with Crippen LogP contribution in [0.25, 0.3) is 0 Å². The SMILES string of the molecule is ClCCl.[Ti]. The van der Waals surface area contributed by atoms with Gasteiger partial charge >= 0.3 is 0 Å². The molecule has 0 fully saturated rings. The van der Waals surface area contributed by atoms with Gasteiger partial charge in [-0.25, -0.2) is 0 Å². The van der Waals surface area contributed by atoms with Gasteiger partial charge in [0.15, 0.2) is 0 Å². The van der Waals surface area contributed by atoms with Crippen LogP contribution in [0.5, 0.6) is 0 Å². The van der Waals surface area contributed by atoms with E-state index in [0.717, 1.165) is 0 Å². The van der Waals surface area contributed by atoms with Crippen molar-refractivity contribution in [2.75, 3.05) is 5.34 Å². The van der Waals surface area contributed by atoms with Crippen molar-refractivity contribution in [3.05, 3.63) is 0 Å². The number of halogens is 2. The van der Waals surface area contributed by atoms with Crippen molar-refractivity contribution in [1.29, 1.82) is 0 Å². The van der Waals surface area contributed by atoms with E-state index >= 15 is 0 Å². The summed E-state index contributed by atoms with van der Waals surface area (Å²) < 4.78 is 0. The van der Waals surface area contributed by atoms with Crippen molar-refractivity contribution in [2.24, 2.45) is 0 Å². The maximum atomic E-state index is 4.76. The van der Waals surface area contributed by atoms with E-state index in [1.165, 1.54) is 0 Å². The first kappa shape index (κ1) is 9.00. The molecule has 0 nitrogen and oxygen atoms in total. The standard InChI is InChI=1S/CH2Cl2.Ti/c2-1-3;/h1H2;. The average molecular weight is 133 g/mol. The van der Waals surface area contributed by atoms with Crippen LogP contribution < -0.4 is 0 Å². The monoisotopic (exact) mass is 132 g/mol. The first-order valence-corrected chi connectivity index (χ1v) is 1.60. The Morgan fingerprint density at radius 2 is 1.25 bits per heavy atom. The van der Waals surface area contributed by atoms with Crippen LogP contribution in [0.4, 0.5) is 0 Å². The van der Waals surface area contributed by atoms with E-state index in [9.17, 15) is 0 Å². The second kappa shape index (κ2) is 8.85. The molecule has 0 unspecified atom stereocenters. The molecule has 24 valence electrons. The van der Waals surface area contributed by atoms with Crippen LogP contribution >= 0.6 is 23.2 Å². The van der Waals surface area contributed by atoms with E-state index in [2.05, 4.69) is 0 Å². The van der Waals surface area contributed by atoms with Crippen molar-refractivity contribution in [1.82, 2.24) is 0 Å². The summed E-state index contributed by atoms with van der Waals surface area (Å²) in [7, 11) is 0. The Kier molecular flexibility index (Phi) is 19.9. The Balaban J connectivity index is 0. The Bertz CT molecular complexity index is 6.00. The Hall–Kier alpha value is 1.29. The largest absolute Gasteiger partial charge is 0.109 e. The van der Waals surface area contributed by atoms with Gasteiger partial charge < -0.3 is 0 Å². The van der Waals surface area contributed by atoms with E-state index in [4.69, 9.17) is 23.2 Å². The number of alkyl halides is 2. The van der Waals surface area contributed by atoms with Crippen LogP contribution in [-0.2, 0) is 21.7 Å². The summed E-state index contributed by atoms with van der Waals surface area (Å²) in [6, 6.07) is 0. The second-order valence-electron chi connectivity index (χ2n) is 0.101. The third-order valence-electron chi connectivity index (χ3n) is 0. The number of hydrogen-bond donors (Lipinski definition) is 0. The molecule has 0 bridgehead atoms. The summed E-state index contributed by atoms with van der Waals surface area (Å²) in [5.74, 6) is 0. The van der Waals surface area contributed by atoms with Gasteiger partial charge in [0.25, 0.3) is 0 Å². The molecule has 0 aliphatic carbocycles. The van der Waals surface area contributed by atoms with Gasteiger partial charge in [0.05, 0.1) is 5.34 Å². The maximum Gasteiger partial charge on any atom is 0.0967 e. The summed E-state index contributed by atoms with van der Waals surface area (Å²) >= 11 is 9.53. The fourth-order valence-corrected chi connectivity index (χ4v) is 0. The van der Waals surface area contributed by atoms with Gasteiger partial charge in [0.1, 0.15) is 0 Å². The number of rotatable bonds is 0. The predicted octanol–water partition coefficient (Wildman–Crippen LogP) is 1.42. The van der Waals surface area contributed by atoms with Gasteiger partial charge in [0, 0.05) is 21.7 Å². The molecule has 0 aromatic carbocycles. The first-order valence-electron chi connectivity index (χ1n) is 0.535. The average Bonchev–Trinajstić information content (AvgIpc) is 0.918. The summed E-state index contributed by atoms with van der Waals surface area (Å²) in [5.41, 5.74) is 0. The van der Waals surface area contributed by atoms with Crippen LogP contribution in [0, 0.1) is 0 Å². The molecule has 0 N–H and O–H groups in total. The third-order valence-corrected chi connectivity index (χ3v) is 0. The fourth-order valence-electron chi connectivity index (χ4n) is 0. The van der Waals surface area contributed by atoms with Gasteiger partial charge in [-0.1, -0.05) is 0 Å². The van der Waals surface area contributed by atoms with Crippen molar-refractivity contribution >= 4 is 23.2 Å². The molecule has 0 saturated heterocycles. The van der Waals surface area contributed by atoms with E-state index in [1.54, 1.807) is 0 Å². The van der Waals surface area contributed by atoms with Gasteiger partial charge in [-0.3, -0.25) is 0 Å². The van der Waals surface area contributed by atoms with Gasteiger partial charge in [-0.05, 0) is 0 Å². The zero-order valence-corrected chi connectivity index (χ0v) is 5.04. The summed E-state index contributed by atoms with van der Waals surface area (Å²) in [6.45, 7) is 0. The molecule has 0 spiro atoms. The molecule has 0 heterocycles. The zero-order valence-electron chi connectivity index (χ0n) is 1.96. The molecule has 0 aliphatic rings. The van der Waals surface area contributed by atoms with E-state index in [1.807, 2.05) is 0 Å². The summed E-state index contributed by atoms with van der Waals surface area (Å²) in [4.78, 5) is 0. The third kappa shape index (κ3) is 10.4. The minimum absolute atomic E-state index is 0. The van der Waals surface area contributed by atoms with Gasteiger partial charge in [0.2, 0.25) is 0 Å². The summed E-state index contributed by atoms with van der Waals surface area (Å²) in [6.07, 6.45) is 0. The van der Waals surface area contributed by atoms with Crippen molar-refractivity contribution in [2.45, 2.75) is 0 Å². The smallest absolute Gasteiger partial charge is 0.0967 e. The van der Waals surface area contributed by atoms with E-state index < -0.39 is 0 Å². The Morgan fingerprint density at radius 3 is 1.25 bits per heavy atom. The Morgan fingerprint density at radius 1 is 1.25 bits per heavy atom. The minimum atomic E-state index is 0. The quantitative estimate of drug-likeness (QED) is 0.346. The van der Waals surface area contributed by atoms with Crippen LogP contribution in [-0.4, -0.2) is 5.34 Å². The molecular weight excluding hydrogens is 131 g/mol. The van der Waals surface area contributed by atoms with Crippen LogP contribution in [0.2, 0.25) is 0 Å². The normalized spacial score (nSPS) is 4.50. The topological polar surface area (TPSA) is 0 Å². The molecule has 0 aliphatic heterocycles. The first-order chi connectivity index (χ1) is 1.41. The molecular formula is CH2Cl2Ti. The summed E-state index contributed by atoms with van der Waals surface area (Å²) in [5, 5.41) is 0.194. The fraction of sp³-hybridized carbons (Fsp3) is 1.00. The molecule has 0 atom stereocenters. The predicted molar refractivity (Wildman–Crippen MR) is 16.6 cm³/mol. The Labute approximate surface area is 50.4 Å². The minimum Gasteiger partial charge on any atom is -0.109 e. The molecule has 3 heteroatoms. The molecule has 0 aromatic heterocycles. The molecule has 4 heavy (non-hydrogen) atoms. The van der Waals surface area contributed by atoms with Gasteiger partial charge in [-0.15, -0.1) is 23.2 Å². The van der Waals surface area contributed by atoms with Crippen LogP contribution in [0.3, 0.4) is 0 Å². The molecule has 0 saturated carbocycles. The van der Waals surface area contributed by atoms with Crippen molar-refractivity contribution < 1.29 is 21.7 Å². The van der Waals surface area contributed by atoms with Crippen LogP contribution in [0.15, 0.2) is 0 Å². The van der Waals surface area contributed by atoms with Crippen molar-refractivity contribution in [3.63, 3.8) is 0 Å². The van der Waals surface area contributed by atoms with Gasteiger partial charge in [-0.2, -0.15) is 0 Å². The molecule has 0 radical (unpaired) electrons. The zero-order chi connectivity index (χ0) is 2.71.